The molecule has 0 unspecified atom stereocenters. The van der Waals surface area contributed by atoms with Crippen molar-refractivity contribution in [2.45, 2.75) is 40.0 Å². The summed E-state index contributed by atoms with van der Waals surface area (Å²) < 4.78 is 50.6. The number of hydrogen-bond acceptors (Lipinski definition) is 6. The number of aryl methyl sites for hydroxylation is 2. The van der Waals surface area contributed by atoms with Crippen LogP contribution in [-0.2, 0) is 28.7 Å². The lowest BCUT2D eigenvalue weighted by atomic mass is 10.1. The Morgan fingerprint density at radius 1 is 1.12 bits per heavy atom. The van der Waals surface area contributed by atoms with Crippen molar-refractivity contribution < 1.29 is 27.4 Å². The highest BCUT2D eigenvalue weighted by Gasteiger charge is 2.30. The fraction of sp³-hybridized carbons (Fsp3) is 0.280. The molecule has 2 aromatic heterocycles. The van der Waals surface area contributed by atoms with E-state index in [9.17, 15) is 18.0 Å². The van der Waals surface area contributed by atoms with E-state index < -0.39 is 11.7 Å². The summed E-state index contributed by atoms with van der Waals surface area (Å²) in [5.74, 6) is 0.463. The third-order valence-corrected chi connectivity index (χ3v) is 7.44. The van der Waals surface area contributed by atoms with Gasteiger partial charge in [0.05, 0.1) is 29.2 Å². The zero-order valence-corrected chi connectivity index (χ0v) is 20.4. The molecule has 0 saturated carbocycles. The summed E-state index contributed by atoms with van der Waals surface area (Å²) >= 11 is 2.96. The van der Waals surface area contributed by atoms with Crippen LogP contribution in [0, 0.1) is 13.8 Å². The minimum Gasteiger partial charge on any atom is -0.488 e. The van der Waals surface area contributed by atoms with Crippen molar-refractivity contribution >= 4 is 38.7 Å². The van der Waals surface area contributed by atoms with Crippen LogP contribution in [0.4, 0.5) is 13.2 Å². The molecule has 9 heteroatoms. The number of alkyl halides is 3. The number of aromatic nitrogens is 1. The van der Waals surface area contributed by atoms with Crippen LogP contribution in [0.2, 0.25) is 0 Å². The number of rotatable bonds is 7. The molecule has 0 saturated heterocycles. The minimum absolute atomic E-state index is 0.238. The van der Waals surface area contributed by atoms with E-state index in [1.165, 1.54) is 23.5 Å². The largest absolute Gasteiger partial charge is 0.488 e. The van der Waals surface area contributed by atoms with Gasteiger partial charge >= 0.3 is 12.1 Å². The van der Waals surface area contributed by atoms with Crippen molar-refractivity contribution in [1.82, 2.24) is 4.98 Å². The van der Waals surface area contributed by atoms with Crippen molar-refractivity contribution in [2.24, 2.45) is 0 Å². The second-order valence-electron chi connectivity index (χ2n) is 7.75. The quantitative estimate of drug-likeness (QED) is 0.247. The first-order chi connectivity index (χ1) is 16.2. The van der Waals surface area contributed by atoms with Crippen LogP contribution in [0.3, 0.4) is 0 Å². The zero-order chi connectivity index (χ0) is 24.5. The molecule has 4 aromatic rings. The molecule has 0 radical (unpaired) electrons. The molecule has 0 aliphatic carbocycles. The van der Waals surface area contributed by atoms with Crippen molar-refractivity contribution in [1.29, 1.82) is 0 Å². The number of fused-ring (bicyclic) bond motifs is 1. The van der Waals surface area contributed by atoms with Crippen LogP contribution in [0.15, 0.2) is 41.8 Å². The second kappa shape index (κ2) is 9.76. The summed E-state index contributed by atoms with van der Waals surface area (Å²) in [5, 5.41) is 3.67. The molecule has 2 aromatic carbocycles. The van der Waals surface area contributed by atoms with E-state index in [1.54, 1.807) is 18.3 Å². The van der Waals surface area contributed by atoms with Gasteiger partial charge in [-0.15, -0.1) is 22.7 Å². The fourth-order valence-electron chi connectivity index (χ4n) is 3.64. The average Bonchev–Trinajstić information content (AvgIpc) is 3.35. The van der Waals surface area contributed by atoms with E-state index in [0.717, 1.165) is 43.9 Å². The normalized spacial score (nSPS) is 11.7. The molecule has 0 fully saturated rings. The lowest BCUT2D eigenvalue weighted by Crippen LogP contribution is -2.07. The Hall–Kier alpha value is -2.91. The smallest absolute Gasteiger partial charge is 0.416 e. The molecule has 0 aliphatic rings. The summed E-state index contributed by atoms with van der Waals surface area (Å²) in [6, 6.07) is 8.90. The minimum atomic E-state index is -4.36. The van der Waals surface area contributed by atoms with Crippen LogP contribution in [0.1, 0.15) is 34.2 Å². The number of carbonyl (C=O) groups excluding carboxylic acids is 1. The van der Waals surface area contributed by atoms with Gasteiger partial charge in [0.2, 0.25) is 0 Å². The molecule has 34 heavy (non-hydrogen) atoms. The number of carbonyl (C=O) groups is 1. The molecule has 0 N–H and O–H groups in total. The number of nitrogens with zero attached hydrogens (tertiary/aromatic N) is 1. The predicted octanol–water partition coefficient (Wildman–Crippen LogP) is 7.35. The molecule has 0 amide bonds. The highest BCUT2D eigenvalue weighted by molar-refractivity contribution is 7.17. The first-order valence-corrected chi connectivity index (χ1v) is 12.3. The number of esters is 1. The van der Waals surface area contributed by atoms with Gasteiger partial charge in [0, 0.05) is 10.3 Å². The van der Waals surface area contributed by atoms with Crippen molar-refractivity contribution in [2.75, 3.05) is 6.61 Å². The summed E-state index contributed by atoms with van der Waals surface area (Å²) in [6.07, 6.45) is -4.13. The van der Waals surface area contributed by atoms with E-state index in [-0.39, 0.29) is 12.4 Å². The summed E-state index contributed by atoms with van der Waals surface area (Å²) in [5.41, 5.74) is 2.70. The Bertz CT molecular complexity index is 1320. The number of ether oxygens (including phenoxy) is 2. The summed E-state index contributed by atoms with van der Waals surface area (Å²) in [7, 11) is 0. The number of thiophene rings is 1. The maximum atomic E-state index is 12.8. The van der Waals surface area contributed by atoms with Gasteiger partial charge in [0.25, 0.3) is 0 Å². The van der Waals surface area contributed by atoms with E-state index in [0.29, 0.717) is 29.5 Å². The van der Waals surface area contributed by atoms with Crippen LogP contribution in [0.5, 0.6) is 5.75 Å². The van der Waals surface area contributed by atoms with Crippen LogP contribution < -0.4 is 4.74 Å². The van der Waals surface area contributed by atoms with Gasteiger partial charge in [-0.1, -0.05) is 12.1 Å². The third-order valence-electron chi connectivity index (χ3n) is 5.28. The molecule has 2 heterocycles. The van der Waals surface area contributed by atoms with Gasteiger partial charge in [-0.25, -0.2) is 4.98 Å². The lowest BCUT2D eigenvalue weighted by molar-refractivity contribution is -0.142. The average molecular weight is 506 g/mol. The van der Waals surface area contributed by atoms with Gasteiger partial charge in [0.1, 0.15) is 17.4 Å². The highest BCUT2D eigenvalue weighted by atomic mass is 32.1. The lowest BCUT2D eigenvalue weighted by Gasteiger charge is -2.08. The standard InChI is InChI=1S/C25H22F3NO3S2/c1-4-31-22(30)10-17-13-33-20-11-19(9-14(2)23(17)20)32-12-21-15(3)29-24(34-21)16-5-7-18(8-6-16)25(26,27)28/h5-9,11,13H,4,10,12H2,1-3H3. The molecule has 0 atom stereocenters. The maximum absolute atomic E-state index is 12.8. The van der Waals surface area contributed by atoms with Crippen LogP contribution in [-0.4, -0.2) is 17.6 Å². The highest BCUT2D eigenvalue weighted by Crippen LogP contribution is 2.35. The first kappa shape index (κ1) is 24.2. The molecular formula is C25H22F3NO3S2. The zero-order valence-electron chi connectivity index (χ0n) is 18.8. The molecule has 178 valence electrons. The summed E-state index contributed by atoms with van der Waals surface area (Å²) in [6.45, 7) is 6.29. The molecule has 0 bridgehead atoms. The fourth-order valence-corrected chi connectivity index (χ4v) is 5.68. The maximum Gasteiger partial charge on any atom is 0.416 e. The van der Waals surface area contributed by atoms with E-state index in [2.05, 4.69) is 4.98 Å². The van der Waals surface area contributed by atoms with E-state index in [4.69, 9.17) is 9.47 Å². The molecular weight excluding hydrogens is 483 g/mol. The van der Waals surface area contributed by atoms with Crippen LogP contribution in [0.25, 0.3) is 20.7 Å². The van der Waals surface area contributed by atoms with Gasteiger partial charge in [0.15, 0.2) is 0 Å². The summed E-state index contributed by atoms with van der Waals surface area (Å²) in [4.78, 5) is 17.3. The van der Waals surface area contributed by atoms with Crippen molar-refractivity contribution in [3.63, 3.8) is 0 Å². The topological polar surface area (TPSA) is 48.4 Å². The van der Waals surface area contributed by atoms with Gasteiger partial charge in [-0.3, -0.25) is 4.79 Å². The Balaban J connectivity index is 1.49. The van der Waals surface area contributed by atoms with Gasteiger partial charge < -0.3 is 9.47 Å². The third kappa shape index (κ3) is 5.26. The van der Waals surface area contributed by atoms with Crippen molar-refractivity contribution in [3.8, 4) is 16.3 Å². The SMILES string of the molecule is CCOC(=O)Cc1csc2cc(OCc3sc(-c4ccc(C(F)(F)F)cc4)nc3C)cc(C)c12. The molecule has 0 aliphatic heterocycles. The van der Waals surface area contributed by atoms with E-state index >= 15 is 0 Å². The monoisotopic (exact) mass is 505 g/mol. The first-order valence-electron chi connectivity index (χ1n) is 10.6. The number of halogens is 3. The number of thiazole rings is 1. The second-order valence-corrected chi connectivity index (χ2v) is 9.74. The molecule has 4 nitrogen and oxygen atoms in total. The number of hydrogen-bond donors (Lipinski definition) is 0. The Morgan fingerprint density at radius 2 is 1.85 bits per heavy atom. The van der Waals surface area contributed by atoms with E-state index in [1.807, 2.05) is 31.4 Å². The molecule has 4 rings (SSSR count). The van der Waals surface area contributed by atoms with Gasteiger partial charge in [-0.2, -0.15) is 13.2 Å². The Labute approximate surface area is 203 Å². The number of benzene rings is 2. The molecule has 0 spiro atoms. The predicted molar refractivity (Wildman–Crippen MR) is 129 cm³/mol. The van der Waals surface area contributed by atoms with Crippen LogP contribution >= 0.6 is 22.7 Å². The van der Waals surface area contributed by atoms with Crippen molar-refractivity contribution in [3.05, 3.63) is 69.0 Å². The Morgan fingerprint density at radius 3 is 2.53 bits per heavy atom. The Kier molecular flexibility index (Phi) is 6.95. The van der Waals surface area contributed by atoms with Gasteiger partial charge in [-0.05, 0) is 66.9 Å².